The van der Waals surface area contributed by atoms with Crippen LogP contribution in [-0.4, -0.2) is 16.1 Å². The Bertz CT molecular complexity index is 918. The van der Waals surface area contributed by atoms with Gasteiger partial charge in [-0.2, -0.15) is 5.10 Å². The van der Waals surface area contributed by atoms with Crippen molar-refractivity contribution in [3.63, 3.8) is 0 Å². The Morgan fingerprint density at radius 3 is 2.91 bits per heavy atom. The van der Waals surface area contributed by atoms with Gasteiger partial charge in [0.2, 0.25) is 5.91 Å². The second-order valence-electron chi connectivity index (χ2n) is 4.69. The molecule has 106 valence electrons. The summed E-state index contributed by atoms with van der Waals surface area (Å²) in [5, 5.41) is 10.9. The lowest BCUT2D eigenvalue weighted by molar-refractivity contribution is -0.111. The summed E-state index contributed by atoms with van der Waals surface area (Å²) >= 11 is 0. The van der Waals surface area contributed by atoms with Gasteiger partial charge in [0.15, 0.2) is 5.69 Å². The van der Waals surface area contributed by atoms with Gasteiger partial charge in [-0.1, -0.05) is 24.8 Å². The van der Waals surface area contributed by atoms with Crippen molar-refractivity contribution in [2.24, 2.45) is 0 Å². The first-order chi connectivity index (χ1) is 10.7. The number of aromatic nitrogens is 2. The van der Waals surface area contributed by atoms with Crippen molar-refractivity contribution in [1.29, 1.82) is 0 Å². The molecule has 1 aromatic heterocycles. The lowest BCUT2D eigenvalue weighted by atomic mass is 10.1. The molecule has 0 unspecified atom stereocenters. The van der Waals surface area contributed by atoms with Crippen molar-refractivity contribution in [3.8, 4) is 11.3 Å². The Kier molecular flexibility index (Phi) is 3.42. The largest absolute Gasteiger partial charge is 0.324 e. The van der Waals surface area contributed by atoms with Crippen LogP contribution in [0.5, 0.6) is 0 Å². The molecule has 0 atom stereocenters. The SMILES string of the molecule is [C-]#[N+]c1cc(NC(=O)C=C)cc(-c2n[nH]c3ccccc23)c1. The maximum absolute atomic E-state index is 11.5. The average molecular weight is 288 g/mol. The number of para-hydroxylation sites is 1. The van der Waals surface area contributed by atoms with Gasteiger partial charge in [0.25, 0.3) is 0 Å². The molecule has 3 rings (SSSR count). The van der Waals surface area contributed by atoms with Gasteiger partial charge in [-0.15, -0.1) is 0 Å². The van der Waals surface area contributed by atoms with E-state index in [4.69, 9.17) is 6.57 Å². The fourth-order valence-electron chi connectivity index (χ4n) is 2.26. The van der Waals surface area contributed by atoms with Crippen molar-refractivity contribution >= 4 is 28.2 Å². The number of carbonyl (C=O) groups is 1. The minimum atomic E-state index is -0.319. The first-order valence-electron chi connectivity index (χ1n) is 6.60. The minimum absolute atomic E-state index is 0.319. The second-order valence-corrected chi connectivity index (χ2v) is 4.69. The number of carbonyl (C=O) groups excluding carboxylic acids is 1. The number of benzene rings is 2. The molecule has 2 N–H and O–H groups in total. The van der Waals surface area contributed by atoms with Crippen molar-refractivity contribution in [3.05, 3.63) is 66.5 Å². The fraction of sp³-hybridized carbons (Fsp3) is 0. The molecule has 0 saturated carbocycles. The van der Waals surface area contributed by atoms with E-state index in [2.05, 4.69) is 26.9 Å². The maximum atomic E-state index is 11.5. The molecule has 2 aromatic carbocycles. The van der Waals surface area contributed by atoms with Crippen LogP contribution in [0, 0.1) is 6.57 Å². The second kappa shape index (κ2) is 5.54. The Labute approximate surface area is 127 Å². The number of nitrogens with zero attached hydrogens (tertiary/aromatic N) is 2. The molecule has 1 heterocycles. The number of aromatic amines is 1. The highest BCUT2D eigenvalue weighted by Gasteiger charge is 2.10. The first-order valence-corrected chi connectivity index (χ1v) is 6.60. The molecule has 0 saturated heterocycles. The summed E-state index contributed by atoms with van der Waals surface area (Å²) in [6, 6.07) is 12.9. The third-order valence-corrected chi connectivity index (χ3v) is 3.24. The summed E-state index contributed by atoms with van der Waals surface area (Å²) in [4.78, 5) is 14.9. The number of hydrogen-bond donors (Lipinski definition) is 2. The van der Waals surface area contributed by atoms with E-state index in [0.717, 1.165) is 22.2 Å². The molecule has 0 aliphatic heterocycles. The number of hydrogen-bond acceptors (Lipinski definition) is 2. The average Bonchev–Trinajstić information content (AvgIpc) is 2.98. The molecule has 0 aliphatic rings. The quantitative estimate of drug-likeness (QED) is 0.567. The number of amides is 1. The third-order valence-electron chi connectivity index (χ3n) is 3.24. The minimum Gasteiger partial charge on any atom is -0.324 e. The van der Waals surface area contributed by atoms with Crippen LogP contribution in [0.3, 0.4) is 0 Å². The maximum Gasteiger partial charge on any atom is 0.247 e. The molecular formula is C17H12N4O. The molecule has 0 spiro atoms. The predicted octanol–water partition coefficient (Wildman–Crippen LogP) is 3.91. The van der Waals surface area contributed by atoms with Crippen LogP contribution in [-0.2, 0) is 4.79 Å². The lowest BCUT2D eigenvalue weighted by Crippen LogP contribution is -2.07. The monoisotopic (exact) mass is 288 g/mol. The van der Waals surface area contributed by atoms with Crippen molar-refractivity contribution in [2.75, 3.05) is 5.32 Å². The van der Waals surface area contributed by atoms with Gasteiger partial charge in [0, 0.05) is 11.1 Å². The molecule has 5 heteroatoms. The van der Waals surface area contributed by atoms with Crippen LogP contribution in [0.2, 0.25) is 0 Å². The topological polar surface area (TPSA) is 62.1 Å². The van der Waals surface area contributed by atoms with Crippen LogP contribution in [0.4, 0.5) is 11.4 Å². The summed E-state index contributed by atoms with van der Waals surface area (Å²) in [7, 11) is 0. The number of fused-ring (bicyclic) bond motifs is 1. The Hall–Kier alpha value is -3.39. The van der Waals surface area contributed by atoms with Gasteiger partial charge in [0.1, 0.15) is 0 Å². The van der Waals surface area contributed by atoms with Gasteiger partial charge in [-0.25, -0.2) is 4.85 Å². The Balaban J connectivity index is 2.14. The van der Waals surface area contributed by atoms with Gasteiger partial charge in [-0.05, 0) is 35.9 Å². The van der Waals surface area contributed by atoms with E-state index >= 15 is 0 Å². The highest BCUT2D eigenvalue weighted by Crippen LogP contribution is 2.31. The number of nitrogens with one attached hydrogen (secondary N) is 2. The van der Waals surface area contributed by atoms with Crippen LogP contribution >= 0.6 is 0 Å². The molecule has 22 heavy (non-hydrogen) atoms. The normalized spacial score (nSPS) is 10.1. The Morgan fingerprint density at radius 2 is 2.14 bits per heavy atom. The van der Waals surface area contributed by atoms with Gasteiger partial charge in [-0.3, -0.25) is 9.89 Å². The highest BCUT2D eigenvalue weighted by atomic mass is 16.1. The fourth-order valence-corrected chi connectivity index (χ4v) is 2.26. The number of H-pyrrole nitrogens is 1. The number of anilines is 1. The summed E-state index contributed by atoms with van der Waals surface area (Å²) in [5.74, 6) is -0.319. The van der Waals surface area contributed by atoms with Crippen molar-refractivity contribution in [2.45, 2.75) is 0 Å². The molecule has 1 amide bonds. The molecule has 0 fully saturated rings. The Morgan fingerprint density at radius 1 is 1.32 bits per heavy atom. The summed E-state index contributed by atoms with van der Waals surface area (Å²) in [6.45, 7) is 10.6. The molecule has 0 radical (unpaired) electrons. The van der Waals surface area contributed by atoms with Gasteiger partial charge in [0.05, 0.1) is 17.8 Å². The van der Waals surface area contributed by atoms with E-state index in [9.17, 15) is 4.79 Å². The molecular weight excluding hydrogens is 276 g/mol. The highest BCUT2D eigenvalue weighted by molar-refractivity contribution is 6.00. The zero-order valence-corrected chi connectivity index (χ0v) is 11.6. The molecule has 5 nitrogen and oxygen atoms in total. The first kappa shape index (κ1) is 13.6. The van der Waals surface area contributed by atoms with E-state index < -0.39 is 0 Å². The third kappa shape index (κ3) is 2.45. The predicted molar refractivity (Wildman–Crippen MR) is 86.6 cm³/mol. The zero-order valence-electron chi connectivity index (χ0n) is 11.6. The van der Waals surface area contributed by atoms with Gasteiger partial charge >= 0.3 is 0 Å². The standard InChI is InChI=1S/C17H12N4O/c1-3-16(22)19-13-9-11(8-12(10-13)18-2)17-14-6-4-5-7-15(14)20-21-17/h3-10H,1H2,(H,19,22)(H,20,21). The van der Waals surface area contributed by atoms with Crippen molar-refractivity contribution < 1.29 is 4.79 Å². The van der Waals surface area contributed by atoms with E-state index in [1.807, 2.05) is 24.3 Å². The van der Waals surface area contributed by atoms with Crippen LogP contribution < -0.4 is 5.32 Å². The number of rotatable bonds is 3. The van der Waals surface area contributed by atoms with Crippen LogP contribution in [0.15, 0.2) is 55.1 Å². The smallest absolute Gasteiger partial charge is 0.247 e. The van der Waals surface area contributed by atoms with E-state index in [1.54, 1.807) is 18.2 Å². The molecule has 3 aromatic rings. The van der Waals surface area contributed by atoms with E-state index in [1.165, 1.54) is 6.08 Å². The summed E-state index contributed by atoms with van der Waals surface area (Å²) in [6.07, 6.45) is 1.19. The lowest BCUT2D eigenvalue weighted by Gasteiger charge is -2.06. The molecule has 0 bridgehead atoms. The van der Waals surface area contributed by atoms with E-state index in [-0.39, 0.29) is 5.91 Å². The van der Waals surface area contributed by atoms with Crippen LogP contribution in [0.1, 0.15) is 0 Å². The summed E-state index contributed by atoms with van der Waals surface area (Å²) in [5.41, 5.74) is 3.41. The zero-order chi connectivity index (χ0) is 15.5. The van der Waals surface area contributed by atoms with E-state index in [0.29, 0.717) is 11.4 Å². The van der Waals surface area contributed by atoms with Gasteiger partial charge < -0.3 is 5.32 Å². The molecule has 0 aliphatic carbocycles. The van der Waals surface area contributed by atoms with Crippen LogP contribution in [0.25, 0.3) is 27.0 Å². The van der Waals surface area contributed by atoms with Crippen molar-refractivity contribution in [1.82, 2.24) is 10.2 Å². The summed E-state index contributed by atoms with van der Waals surface area (Å²) < 4.78 is 0.